The molecule has 1 amide bonds. The van der Waals surface area contributed by atoms with Gasteiger partial charge in [-0.2, -0.15) is 0 Å². The van der Waals surface area contributed by atoms with E-state index >= 15 is 0 Å². The summed E-state index contributed by atoms with van der Waals surface area (Å²) in [6.07, 6.45) is 3.22. The zero-order valence-electron chi connectivity index (χ0n) is 18.4. The summed E-state index contributed by atoms with van der Waals surface area (Å²) in [5, 5.41) is 9.22. The van der Waals surface area contributed by atoms with Crippen molar-refractivity contribution in [1.29, 1.82) is 0 Å². The number of para-hydroxylation sites is 1. The van der Waals surface area contributed by atoms with E-state index in [4.69, 9.17) is 4.74 Å². The van der Waals surface area contributed by atoms with Crippen molar-refractivity contribution in [2.75, 3.05) is 22.6 Å². The quantitative estimate of drug-likeness (QED) is 0.355. The lowest BCUT2D eigenvalue weighted by atomic mass is 10.2. The topological polar surface area (TPSA) is 101 Å². The molecule has 0 radical (unpaired) electrons. The standard InChI is InChI=1S/C25H24N6O2/c1-17-11-12-26-22(13-17)31-24-14-23(27-16-28-24)29-19-7-9-20(10-8-19)30-25(32)15-33-21-6-4-3-5-18(21)2/h3-14,16H,15H2,1-2H3,(H,30,32)(H2,26,27,28,29,31). The summed E-state index contributed by atoms with van der Waals surface area (Å²) in [5.41, 5.74) is 3.59. The molecular formula is C25H24N6O2. The van der Waals surface area contributed by atoms with E-state index in [-0.39, 0.29) is 12.5 Å². The highest BCUT2D eigenvalue weighted by Gasteiger charge is 2.06. The number of pyridine rings is 1. The smallest absolute Gasteiger partial charge is 0.262 e. The normalized spacial score (nSPS) is 10.4. The maximum absolute atomic E-state index is 12.2. The van der Waals surface area contributed by atoms with Gasteiger partial charge in [0.25, 0.3) is 5.91 Å². The van der Waals surface area contributed by atoms with Crippen LogP contribution in [-0.2, 0) is 4.79 Å². The SMILES string of the molecule is Cc1ccnc(Nc2cc(Nc3ccc(NC(=O)COc4ccccc4C)cc3)ncn2)c1. The molecule has 8 nitrogen and oxygen atoms in total. The predicted molar refractivity (Wildman–Crippen MR) is 129 cm³/mol. The second-order valence-electron chi connectivity index (χ2n) is 7.44. The number of aryl methyl sites for hydroxylation is 2. The lowest BCUT2D eigenvalue weighted by molar-refractivity contribution is -0.118. The van der Waals surface area contributed by atoms with Crippen LogP contribution in [0.3, 0.4) is 0 Å². The highest BCUT2D eigenvalue weighted by Crippen LogP contribution is 2.21. The summed E-state index contributed by atoms with van der Waals surface area (Å²) in [6, 6.07) is 20.6. The maximum Gasteiger partial charge on any atom is 0.262 e. The van der Waals surface area contributed by atoms with Crippen LogP contribution in [0.15, 0.2) is 79.3 Å². The van der Waals surface area contributed by atoms with Crippen molar-refractivity contribution in [2.45, 2.75) is 13.8 Å². The first-order valence-electron chi connectivity index (χ1n) is 10.4. The predicted octanol–water partition coefficient (Wildman–Crippen LogP) is 4.99. The molecule has 2 aromatic heterocycles. The Morgan fingerprint density at radius 3 is 2.27 bits per heavy atom. The van der Waals surface area contributed by atoms with Gasteiger partial charge in [-0.25, -0.2) is 15.0 Å². The van der Waals surface area contributed by atoms with Gasteiger partial charge >= 0.3 is 0 Å². The number of nitrogens with zero attached hydrogens (tertiary/aromatic N) is 3. The molecule has 4 rings (SSSR count). The van der Waals surface area contributed by atoms with Crippen LogP contribution in [0.4, 0.5) is 28.8 Å². The molecule has 0 atom stereocenters. The lowest BCUT2D eigenvalue weighted by Crippen LogP contribution is -2.20. The van der Waals surface area contributed by atoms with Crippen molar-refractivity contribution in [3.05, 3.63) is 90.4 Å². The van der Waals surface area contributed by atoms with E-state index in [1.807, 2.05) is 74.5 Å². The molecule has 2 aromatic carbocycles. The highest BCUT2D eigenvalue weighted by molar-refractivity contribution is 5.92. The largest absolute Gasteiger partial charge is 0.483 e. The fraction of sp³-hybridized carbons (Fsp3) is 0.120. The van der Waals surface area contributed by atoms with Crippen molar-refractivity contribution in [1.82, 2.24) is 15.0 Å². The zero-order valence-corrected chi connectivity index (χ0v) is 18.4. The van der Waals surface area contributed by atoms with Gasteiger partial charge in [0.1, 0.15) is 29.5 Å². The third-order valence-corrected chi connectivity index (χ3v) is 4.73. The van der Waals surface area contributed by atoms with Crippen molar-refractivity contribution in [3.8, 4) is 5.75 Å². The van der Waals surface area contributed by atoms with Crippen molar-refractivity contribution >= 4 is 34.7 Å². The Bertz CT molecular complexity index is 1240. The molecule has 0 bridgehead atoms. The van der Waals surface area contributed by atoms with Crippen molar-refractivity contribution < 1.29 is 9.53 Å². The van der Waals surface area contributed by atoms with Crippen LogP contribution < -0.4 is 20.7 Å². The van der Waals surface area contributed by atoms with Crippen LogP contribution in [0.2, 0.25) is 0 Å². The van der Waals surface area contributed by atoms with Crippen LogP contribution in [0, 0.1) is 13.8 Å². The molecule has 0 aliphatic rings. The monoisotopic (exact) mass is 440 g/mol. The number of amides is 1. The molecule has 2 heterocycles. The number of rotatable bonds is 8. The minimum Gasteiger partial charge on any atom is -0.483 e. The number of nitrogens with one attached hydrogen (secondary N) is 3. The first-order chi connectivity index (χ1) is 16.0. The molecule has 33 heavy (non-hydrogen) atoms. The van der Waals surface area contributed by atoms with Gasteiger partial charge in [-0.1, -0.05) is 18.2 Å². The second kappa shape index (κ2) is 10.2. The van der Waals surface area contributed by atoms with Gasteiger partial charge in [-0.05, 0) is 67.4 Å². The fourth-order valence-corrected chi connectivity index (χ4v) is 3.07. The average molecular weight is 441 g/mol. The third kappa shape index (κ3) is 6.27. The molecule has 0 unspecified atom stereocenters. The van der Waals surface area contributed by atoms with E-state index in [1.54, 1.807) is 12.3 Å². The first kappa shape index (κ1) is 21.8. The van der Waals surface area contributed by atoms with E-state index in [1.165, 1.54) is 6.33 Å². The Morgan fingerprint density at radius 1 is 0.818 bits per heavy atom. The Labute approximate surface area is 192 Å². The Morgan fingerprint density at radius 2 is 1.52 bits per heavy atom. The van der Waals surface area contributed by atoms with Crippen LogP contribution in [0.25, 0.3) is 0 Å². The van der Waals surface area contributed by atoms with E-state index in [2.05, 4.69) is 30.9 Å². The number of hydrogen-bond donors (Lipinski definition) is 3. The molecule has 0 aliphatic heterocycles. The van der Waals surface area contributed by atoms with E-state index in [0.29, 0.717) is 28.9 Å². The fourth-order valence-electron chi connectivity index (χ4n) is 3.07. The number of carbonyl (C=O) groups is 1. The second-order valence-corrected chi connectivity index (χ2v) is 7.44. The maximum atomic E-state index is 12.2. The third-order valence-electron chi connectivity index (χ3n) is 4.73. The molecule has 3 N–H and O–H groups in total. The Hall–Kier alpha value is -4.46. The number of anilines is 5. The first-order valence-corrected chi connectivity index (χ1v) is 10.4. The van der Waals surface area contributed by atoms with E-state index in [9.17, 15) is 4.79 Å². The summed E-state index contributed by atoms with van der Waals surface area (Å²) in [5.74, 6) is 2.44. The minimum atomic E-state index is -0.227. The summed E-state index contributed by atoms with van der Waals surface area (Å²) in [6.45, 7) is 3.88. The number of carbonyl (C=O) groups excluding carboxylic acids is 1. The van der Waals surface area contributed by atoms with Gasteiger partial charge in [0.15, 0.2) is 6.61 Å². The molecular weight excluding hydrogens is 416 g/mol. The zero-order chi connectivity index (χ0) is 23.0. The summed E-state index contributed by atoms with van der Waals surface area (Å²) in [4.78, 5) is 25.0. The molecule has 166 valence electrons. The minimum absolute atomic E-state index is 0.0582. The van der Waals surface area contributed by atoms with Crippen LogP contribution >= 0.6 is 0 Å². The number of benzene rings is 2. The summed E-state index contributed by atoms with van der Waals surface area (Å²) in [7, 11) is 0. The molecule has 0 fully saturated rings. The summed E-state index contributed by atoms with van der Waals surface area (Å²) >= 11 is 0. The molecule has 0 saturated carbocycles. The molecule has 4 aromatic rings. The lowest BCUT2D eigenvalue weighted by Gasteiger charge is -2.11. The molecule has 8 heteroatoms. The van der Waals surface area contributed by atoms with Crippen molar-refractivity contribution in [3.63, 3.8) is 0 Å². The van der Waals surface area contributed by atoms with Gasteiger partial charge in [0, 0.05) is 23.6 Å². The van der Waals surface area contributed by atoms with Crippen LogP contribution in [0.5, 0.6) is 5.75 Å². The van der Waals surface area contributed by atoms with Gasteiger partial charge in [-0.3, -0.25) is 4.79 Å². The molecule has 0 spiro atoms. The van der Waals surface area contributed by atoms with Gasteiger partial charge in [0.2, 0.25) is 0 Å². The summed E-state index contributed by atoms with van der Waals surface area (Å²) < 4.78 is 5.58. The average Bonchev–Trinajstić information content (AvgIpc) is 2.80. The molecule has 0 saturated heterocycles. The van der Waals surface area contributed by atoms with E-state index in [0.717, 1.165) is 16.8 Å². The van der Waals surface area contributed by atoms with Gasteiger partial charge in [0.05, 0.1) is 0 Å². The van der Waals surface area contributed by atoms with Crippen LogP contribution in [0.1, 0.15) is 11.1 Å². The van der Waals surface area contributed by atoms with Gasteiger partial charge in [-0.15, -0.1) is 0 Å². The van der Waals surface area contributed by atoms with Crippen molar-refractivity contribution in [2.24, 2.45) is 0 Å². The van der Waals surface area contributed by atoms with Gasteiger partial charge < -0.3 is 20.7 Å². The number of aromatic nitrogens is 3. The molecule has 0 aliphatic carbocycles. The Kier molecular flexibility index (Phi) is 6.75. The number of hydrogen-bond acceptors (Lipinski definition) is 7. The highest BCUT2D eigenvalue weighted by atomic mass is 16.5. The van der Waals surface area contributed by atoms with E-state index < -0.39 is 0 Å². The Balaban J connectivity index is 1.32. The number of ether oxygens (including phenoxy) is 1. The van der Waals surface area contributed by atoms with Crippen LogP contribution in [-0.4, -0.2) is 27.5 Å².